The van der Waals surface area contributed by atoms with Crippen LogP contribution in [-0.2, 0) is 25.9 Å². The van der Waals surface area contributed by atoms with Crippen molar-refractivity contribution < 1.29 is 9.47 Å². The van der Waals surface area contributed by atoms with Crippen molar-refractivity contribution in [1.29, 1.82) is 0 Å². The highest BCUT2D eigenvalue weighted by Gasteiger charge is 2.23. The summed E-state index contributed by atoms with van der Waals surface area (Å²) in [6.45, 7) is 3.50. The molecular formula is C23H34N6O2. The molecule has 0 spiro atoms. The van der Waals surface area contributed by atoms with Crippen molar-refractivity contribution >= 4 is 5.96 Å². The fourth-order valence-corrected chi connectivity index (χ4v) is 4.36. The number of aromatic nitrogens is 3. The number of benzene rings is 1. The number of rotatable bonds is 7. The lowest BCUT2D eigenvalue weighted by atomic mass is 10.1. The van der Waals surface area contributed by atoms with Crippen LogP contribution in [0.4, 0.5) is 0 Å². The number of fused-ring (bicyclic) bond motifs is 1. The van der Waals surface area contributed by atoms with E-state index in [1.165, 1.54) is 12.8 Å². The van der Waals surface area contributed by atoms with Crippen molar-refractivity contribution in [2.24, 2.45) is 4.99 Å². The van der Waals surface area contributed by atoms with Crippen molar-refractivity contribution in [3.05, 3.63) is 35.4 Å². The van der Waals surface area contributed by atoms with Crippen molar-refractivity contribution in [2.75, 3.05) is 14.2 Å². The first-order valence-electron chi connectivity index (χ1n) is 11.4. The monoisotopic (exact) mass is 426 g/mol. The Morgan fingerprint density at radius 3 is 2.84 bits per heavy atom. The zero-order chi connectivity index (χ0) is 21.6. The number of aliphatic imine (C=N–C) groups is 1. The van der Waals surface area contributed by atoms with Crippen LogP contribution in [0.5, 0.6) is 11.5 Å². The number of guanidine groups is 1. The van der Waals surface area contributed by atoms with Crippen molar-refractivity contribution in [3.63, 3.8) is 0 Å². The quantitative estimate of drug-likeness (QED) is 0.523. The summed E-state index contributed by atoms with van der Waals surface area (Å²) in [4.78, 5) is 9.03. The first kappa shape index (κ1) is 21.5. The summed E-state index contributed by atoms with van der Waals surface area (Å²) < 4.78 is 14.0. The van der Waals surface area contributed by atoms with Gasteiger partial charge in [-0.2, -0.15) is 5.10 Å². The Morgan fingerprint density at radius 2 is 2.10 bits per heavy atom. The van der Waals surface area contributed by atoms with Gasteiger partial charge in [-0.05, 0) is 38.2 Å². The van der Waals surface area contributed by atoms with Gasteiger partial charge >= 0.3 is 0 Å². The molecule has 168 valence electrons. The van der Waals surface area contributed by atoms with Gasteiger partial charge in [0, 0.05) is 38.0 Å². The zero-order valence-electron chi connectivity index (χ0n) is 18.9. The second-order valence-electron chi connectivity index (χ2n) is 8.26. The summed E-state index contributed by atoms with van der Waals surface area (Å²) in [5.74, 6) is 4.41. The van der Waals surface area contributed by atoms with Gasteiger partial charge in [-0.15, -0.1) is 0 Å². The standard InChI is InChI=1S/C23H34N6O2/c1-4-20-27-21-13-12-17(15-29(21)28-20)26-23(24-2)25-14-16-8-7-11-19(30-3)22(16)31-18-9-5-6-10-18/h7-8,11,17-18H,4-6,9-10,12-15H2,1-3H3,(H2,24,25,26). The maximum absolute atomic E-state index is 6.35. The molecule has 8 heteroatoms. The van der Waals surface area contributed by atoms with Crippen LogP contribution in [0.3, 0.4) is 0 Å². The summed E-state index contributed by atoms with van der Waals surface area (Å²) in [6, 6.07) is 6.32. The van der Waals surface area contributed by atoms with E-state index in [1.807, 2.05) is 16.8 Å². The Hall–Kier alpha value is -2.77. The van der Waals surface area contributed by atoms with Crippen LogP contribution in [-0.4, -0.2) is 47.0 Å². The van der Waals surface area contributed by atoms with E-state index in [2.05, 4.69) is 38.7 Å². The molecule has 2 N–H and O–H groups in total. The second-order valence-corrected chi connectivity index (χ2v) is 8.26. The number of para-hydroxylation sites is 1. The van der Waals surface area contributed by atoms with Crippen molar-refractivity contribution in [1.82, 2.24) is 25.4 Å². The normalized spacial score (nSPS) is 19.2. The molecule has 1 aromatic carbocycles. The minimum Gasteiger partial charge on any atom is -0.493 e. The molecule has 1 aliphatic heterocycles. The number of aryl methyl sites for hydroxylation is 2. The van der Waals surface area contributed by atoms with Crippen LogP contribution in [0, 0.1) is 0 Å². The molecule has 31 heavy (non-hydrogen) atoms. The third-order valence-corrected chi connectivity index (χ3v) is 6.10. The third-order valence-electron chi connectivity index (χ3n) is 6.10. The summed E-state index contributed by atoms with van der Waals surface area (Å²) >= 11 is 0. The third kappa shape index (κ3) is 5.11. The van der Waals surface area contributed by atoms with Gasteiger partial charge in [-0.1, -0.05) is 19.1 Å². The maximum Gasteiger partial charge on any atom is 0.191 e. The number of hydrogen-bond acceptors (Lipinski definition) is 5. The SMILES string of the molecule is CCc1nc2n(n1)CC(NC(=NC)NCc1cccc(OC)c1OC1CCCC1)CC2. The van der Waals surface area contributed by atoms with E-state index >= 15 is 0 Å². The molecular weight excluding hydrogens is 392 g/mol. The number of hydrogen-bond donors (Lipinski definition) is 2. The molecule has 1 aromatic heterocycles. The molecule has 8 nitrogen and oxygen atoms in total. The molecule has 1 unspecified atom stereocenters. The lowest BCUT2D eigenvalue weighted by Crippen LogP contribution is -2.46. The summed E-state index contributed by atoms with van der Waals surface area (Å²) in [5.41, 5.74) is 1.07. The average molecular weight is 427 g/mol. The molecule has 0 bridgehead atoms. The van der Waals surface area contributed by atoms with Crippen LogP contribution in [0.1, 0.15) is 56.2 Å². The van der Waals surface area contributed by atoms with Crippen LogP contribution in [0.2, 0.25) is 0 Å². The van der Waals surface area contributed by atoms with Crippen LogP contribution in [0.15, 0.2) is 23.2 Å². The number of nitrogens with zero attached hydrogens (tertiary/aromatic N) is 4. The first-order valence-corrected chi connectivity index (χ1v) is 11.4. The number of ether oxygens (including phenoxy) is 2. The van der Waals surface area contributed by atoms with Gasteiger partial charge in [-0.3, -0.25) is 4.99 Å². The molecule has 2 aromatic rings. The summed E-state index contributed by atoms with van der Waals surface area (Å²) in [6.07, 6.45) is 7.78. The van der Waals surface area contributed by atoms with E-state index in [9.17, 15) is 0 Å². The molecule has 1 aliphatic carbocycles. The van der Waals surface area contributed by atoms with Gasteiger partial charge in [0.25, 0.3) is 0 Å². The van der Waals surface area contributed by atoms with Gasteiger partial charge in [-0.25, -0.2) is 9.67 Å². The molecule has 1 saturated carbocycles. The zero-order valence-corrected chi connectivity index (χ0v) is 18.9. The highest BCUT2D eigenvalue weighted by Crippen LogP contribution is 2.34. The fraction of sp³-hybridized carbons (Fsp3) is 0.609. The van der Waals surface area contributed by atoms with E-state index in [-0.39, 0.29) is 12.1 Å². The molecule has 0 saturated heterocycles. The van der Waals surface area contributed by atoms with Crippen molar-refractivity contribution in [3.8, 4) is 11.5 Å². The topological polar surface area (TPSA) is 85.6 Å². The smallest absolute Gasteiger partial charge is 0.191 e. The van der Waals surface area contributed by atoms with E-state index < -0.39 is 0 Å². The molecule has 1 fully saturated rings. The van der Waals surface area contributed by atoms with Gasteiger partial charge in [0.1, 0.15) is 5.82 Å². The molecule has 0 amide bonds. The van der Waals surface area contributed by atoms with E-state index in [0.29, 0.717) is 6.54 Å². The van der Waals surface area contributed by atoms with Gasteiger partial charge in [0.2, 0.25) is 0 Å². The minimum absolute atomic E-state index is 0.268. The Balaban J connectivity index is 1.38. The maximum atomic E-state index is 6.35. The van der Waals surface area contributed by atoms with Crippen molar-refractivity contribution in [2.45, 2.75) is 77.1 Å². The highest BCUT2D eigenvalue weighted by atomic mass is 16.5. The van der Waals surface area contributed by atoms with Crippen LogP contribution in [0.25, 0.3) is 0 Å². The van der Waals surface area contributed by atoms with Gasteiger partial charge in [0.05, 0.1) is 19.8 Å². The first-order chi connectivity index (χ1) is 15.2. The van der Waals surface area contributed by atoms with E-state index in [0.717, 1.165) is 73.3 Å². The Bertz CT molecular complexity index is 903. The highest BCUT2D eigenvalue weighted by molar-refractivity contribution is 5.80. The Labute approximate surface area is 184 Å². The summed E-state index contributed by atoms with van der Waals surface area (Å²) in [5, 5.41) is 11.6. The Morgan fingerprint density at radius 1 is 1.26 bits per heavy atom. The number of methoxy groups -OCH3 is 1. The largest absolute Gasteiger partial charge is 0.493 e. The molecule has 0 radical (unpaired) electrons. The van der Waals surface area contributed by atoms with Crippen LogP contribution >= 0.6 is 0 Å². The van der Waals surface area contributed by atoms with Crippen LogP contribution < -0.4 is 20.1 Å². The average Bonchev–Trinajstić information content (AvgIpc) is 3.46. The summed E-state index contributed by atoms with van der Waals surface area (Å²) in [7, 11) is 3.50. The lowest BCUT2D eigenvalue weighted by Gasteiger charge is -2.26. The fourth-order valence-electron chi connectivity index (χ4n) is 4.36. The number of nitrogens with one attached hydrogen (secondary N) is 2. The predicted octanol–water partition coefficient (Wildman–Crippen LogP) is 2.85. The van der Waals surface area contributed by atoms with Gasteiger partial charge < -0.3 is 20.1 Å². The second kappa shape index (κ2) is 10.0. The predicted molar refractivity (Wildman–Crippen MR) is 121 cm³/mol. The molecule has 1 atom stereocenters. The minimum atomic E-state index is 0.268. The lowest BCUT2D eigenvalue weighted by molar-refractivity contribution is 0.198. The molecule has 2 aliphatic rings. The molecule has 2 heterocycles. The van der Waals surface area contributed by atoms with Gasteiger partial charge in [0.15, 0.2) is 23.3 Å². The molecule has 4 rings (SSSR count). The van der Waals surface area contributed by atoms with E-state index in [4.69, 9.17) is 9.47 Å². The Kier molecular flexibility index (Phi) is 6.94. The van der Waals surface area contributed by atoms with E-state index in [1.54, 1.807) is 14.2 Å².